The van der Waals surface area contributed by atoms with E-state index in [9.17, 15) is 0 Å². The zero-order chi connectivity index (χ0) is 21.3. The van der Waals surface area contributed by atoms with Gasteiger partial charge in [0.1, 0.15) is 0 Å². The number of rotatable bonds is 11. The lowest BCUT2D eigenvalue weighted by Crippen LogP contribution is -2.09. The Kier molecular flexibility index (Phi) is 7.11. The molecular formula is C25H30N6. The number of nitrogens with one attached hydrogen (secondary N) is 2. The van der Waals surface area contributed by atoms with E-state index in [0.717, 1.165) is 29.9 Å². The van der Waals surface area contributed by atoms with Gasteiger partial charge in [-0.2, -0.15) is 9.97 Å². The van der Waals surface area contributed by atoms with Crippen molar-refractivity contribution in [2.75, 3.05) is 10.6 Å². The summed E-state index contributed by atoms with van der Waals surface area (Å²) in [6.07, 6.45) is 6.73. The second-order valence-corrected chi connectivity index (χ2v) is 7.74. The molecule has 6 nitrogen and oxygen atoms in total. The predicted octanol–water partition coefficient (Wildman–Crippen LogP) is 5.63. The van der Waals surface area contributed by atoms with Crippen LogP contribution in [0.4, 0.5) is 11.8 Å². The first-order chi connectivity index (χ1) is 15.3. The fourth-order valence-electron chi connectivity index (χ4n) is 3.58. The van der Waals surface area contributed by atoms with Gasteiger partial charge < -0.3 is 15.2 Å². The summed E-state index contributed by atoms with van der Waals surface area (Å²) in [7, 11) is 0. The van der Waals surface area contributed by atoms with Crippen molar-refractivity contribution in [1.82, 2.24) is 19.5 Å². The average molecular weight is 415 g/mol. The molecule has 31 heavy (non-hydrogen) atoms. The topological polar surface area (TPSA) is 67.7 Å². The molecular weight excluding hydrogens is 384 g/mol. The summed E-state index contributed by atoms with van der Waals surface area (Å²) in [5.41, 5.74) is 4.08. The summed E-state index contributed by atoms with van der Waals surface area (Å²) in [5.74, 6) is 1.37. The maximum absolute atomic E-state index is 4.80. The van der Waals surface area contributed by atoms with E-state index >= 15 is 0 Å². The van der Waals surface area contributed by atoms with E-state index < -0.39 is 0 Å². The first-order valence-corrected chi connectivity index (χ1v) is 11.1. The van der Waals surface area contributed by atoms with Crippen LogP contribution in [0.3, 0.4) is 0 Å². The molecule has 160 valence electrons. The van der Waals surface area contributed by atoms with Crippen LogP contribution in [-0.2, 0) is 19.6 Å². The van der Waals surface area contributed by atoms with Crippen LogP contribution in [0, 0.1) is 0 Å². The van der Waals surface area contributed by atoms with Gasteiger partial charge >= 0.3 is 0 Å². The molecule has 0 saturated carbocycles. The molecule has 4 aromatic rings. The SMILES string of the molecule is CCCCCCn1cnc2c(NCc3ccccc3)nc(NCc3ccccc3)nc21. The van der Waals surface area contributed by atoms with Gasteiger partial charge in [0.2, 0.25) is 5.95 Å². The number of aryl methyl sites for hydroxylation is 1. The minimum Gasteiger partial charge on any atom is -0.364 e. The van der Waals surface area contributed by atoms with Crippen molar-refractivity contribution in [1.29, 1.82) is 0 Å². The number of hydrogen-bond acceptors (Lipinski definition) is 5. The quantitative estimate of drug-likeness (QED) is 0.311. The van der Waals surface area contributed by atoms with Crippen LogP contribution in [0.25, 0.3) is 11.2 Å². The molecule has 0 bridgehead atoms. The van der Waals surface area contributed by atoms with E-state index in [1.165, 1.54) is 30.4 Å². The molecule has 2 aromatic heterocycles. The zero-order valence-electron chi connectivity index (χ0n) is 18.1. The summed E-state index contributed by atoms with van der Waals surface area (Å²) < 4.78 is 2.15. The highest BCUT2D eigenvalue weighted by molar-refractivity contribution is 5.84. The third-order valence-electron chi connectivity index (χ3n) is 5.31. The molecule has 4 rings (SSSR count). The van der Waals surface area contributed by atoms with Crippen molar-refractivity contribution >= 4 is 22.9 Å². The number of imidazole rings is 1. The summed E-state index contributed by atoms with van der Waals surface area (Å²) in [5, 5.41) is 6.85. The average Bonchev–Trinajstić information content (AvgIpc) is 3.23. The van der Waals surface area contributed by atoms with Crippen LogP contribution in [0.15, 0.2) is 67.0 Å². The van der Waals surface area contributed by atoms with Crippen LogP contribution in [0.2, 0.25) is 0 Å². The molecule has 0 aliphatic rings. The molecule has 6 heteroatoms. The minimum atomic E-state index is 0.613. The number of unbranched alkanes of at least 4 members (excludes halogenated alkanes) is 3. The van der Waals surface area contributed by atoms with E-state index in [2.05, 4.69) is 51.4 Å². The number of anilines is 2. The summed E-state index contributed by atoms with van der Waals surface area (Å²) in [6.45, 7) is 4.52. The van der Waals surface area contributed by atoms with Crippen molar-refractivity contribution in [3.63, 3.8) is 0 Å². The largest absolute Gasteiger partial charge is 0.364 e. The van der Waals surface area contributed by atoms with E-state index in [0.29, 0.717) is 19.0 Å². The van der Waals surface area contributed by atoms with Gasteiger partial charge in [-0.15, -0.1) is 0 Å². The molecule has 2 aromatic carbocycles. The van der Waals surface area contributed by atoms with Gasteiger partial charge in [-0.25, -0.2) is 4.98 Å². The predicted molar refractivity (Wildman–Crippen MR) is 127 cm³/mol. The highest BCUT2D eigenvalue weighted by Gasteiger charge is 2.13. The third kappa shape index (κ3) is 5.60. The second kappa shape index (κ2) is 10.6. The normalized spacial score (nSPS) is 11.0. The van der Waals surface area contributed by atoms with Crippen LogP contribution in [0.1, 0.15) is 43.7 Å². The Morgan fingerprint density at radius 3 is 2.13 bits per heavy atom. The molecule has 0 aliphatic heterocycles. The first kappa shape index (κ1) is 20.8. The zero-order valence-corrected chi connectivity index (χ0v) is 18.1. The van der Waals surface area contributed by atoms with Crippen LogP contribution in [0.5, 0.6) is 0 Å². The molecule has 0 unspecified atom stereocenters. The third-order valence-corrected chi connectivity index (χ3v) is 5.31. The van der Waals surface area contributed by atoms with Crippen molar-refractivity contribution in [3.05, 3.63) is 78.1 Å². The van der Waals surface area contributed by atoms with Gasteiger partial charge in [0.15, 0.2) is 17.0 Å². The van der Waals surface area contributed by atoms with Crippen LogP contribution >= 0.6 is 0 Å². The molecule has 0 atom stereocenters. The highest BCUT2D eigenvalue weighted by Crippen LogP contribution is 2.22. The lowest BCUT2D eigenvalue weighted by molar-refractivity contribution is 0.589. The van der Waals surface area contributed by atoms with Crippen molar-refractivity contribution in [2.45, 2.75) is 52.2 Å². The maximum Gasteiger partial charge on any atom is 0.227 e. The number of benzene rings is 2. The van der Waals surface area contributed by atoms with E-state index in [4.69, 9.17) is 9.97 Å². The Hall–Kier alpha value is -3.41. The summed E-state index contributed by atoms with van der Waals surface area (Å²) in [4.78, 5) is 14.2. The standard InChI is InChI=1S/C25H30N6/c1-2-3-4-11-16-31-19-28-22-23(26-17-20-12-7-5-8-13-20)29-25(30-24(22)31)27-18-21-14-9-6-10-15-21/h5-10,12-15,19H,2-4,11,16-18H2,1H3,(H2,26,27,29,30). The van der Waals surface area contributed by atoms with Gasteiger partial charge in [-0.1, -0.05) is 86.8 Å². The lowest BCUT2D eigenvalue weighted by atomic mass is 10.2. The molecule has 0 saturated heterocycles. The maximum atomic E-state index is 4.80. The smallest absolute Gasteiger partial charge is 0.227 e. The second-order valence-electron chi connectivity index (χ2n) is 7.74. The number of aromatic nitrogens is 4. The van der Waals surface area contributed by atoms with Gasteiger partial charge in [0.25, 0.3) is 0 Å². The molecule has 0 spiro atoms. The van der Waals surface area contributed by atoms with Crippen molar-refractivity contribution in [3.8, 4) is 0 Å². The summed E-state index contributed by atoms with van der Waals surface area (Å²) in [6, 6.07) is 20.6. The molecule has 0 fully saturated rings. The Balaban J connectivity index is 1.57. The van der Waals surface area contributed by atoms with Crippen molar-refractivity contribution < 1.29 is 0 Å². The molecule has 2 N–H and O–H groups in total. The van der Waals surface area contributed by atoms with Crippen LogP contribution in [-0.4, -0.2) is 19.5 Å². The Bertz CT molecular complexity index is 1080. The Morgan fingerprint density at radius 2 is 1.45 bits per heavy atom. The number of nitrogens with zero attached hydrogens (tertiary/aromatic N) is 4. The fourth-order valence-corrected chi connectivity index (χ4v) is 3.58. The highest BCUT2D eigenvalue weighted by atomic mass is 15.2. The Labute approximate surface area is 183 Å². The van der Waals surface area contributed by atoms with Crippen LogP contribution < -0.4 is 10.6 Å². The van der Waals surface area contributed by atoms with Crippen molar-refractivity contribution in [2.24, 2.45) is 0 Å². The van der Waals surface area contributed by atoms with Gasteiger partial charge in [0.05, 0.1) is 6.33 Å². The van der Waals surface area contributed by atoms with E-state index in [1.54, 1.807) is 0 Å². The molecule has 2 heterocycles. The Morgan fingerprint density at radius 1 is 0.774 bits per heavy atom. The first-order valence-electron chi connectivity index (χ1n) is 11.1. The van der Waals surface area contributed by atoms with Gasteiger partial charge in [-0.05, 0) is 17.5 Å². The van der Waals surface area contributed by atoms with Gasteiger partial charge in [0, 0.05) is 19.6 Å². The fraction of sp³-hybridized carbons (Fsp3) is 0.320. The molecule has 0 radical (unpaired) electrons. The van der Waals surface area contributed by atoms with E-state index in [-0.39, 0.29) is 0 Å². The molecule has 0 aliphatic carbocycles. The number of fused-ring (bicyclic) bond motifs is 1. The molecule has 0 amide bonds. The van der Waals surface area contributed by atoms with Gasteiger partial charge in [-0.3, -0.25) is 0 Å². The lowest BCUT2D eigenvalue weighted by Gasteiger charge is -2.11. The van der Waals surface area contributed by atoms with E-state index in [1.807, 2.05) is 42.7 Å². The summed E-state index contributed by atoms with van der Waals surface area (Å²) >= 11 is 0. The minimum absolute atomic E-state index is 0.613. The number of hydrogen-bond donors (Lipinski definition) is 2. The monoisotopic (exact) mass is 414 g/mol.